The highest BCUT2D eigenvalue weighted by molar-refractivity contribution is 4.58. The third kappa shape index (κ3) is 6.01. The number of hydrogen-bond acceptors (Lipinski definition) is 3. The van der Waals surface area contributed by atoms with Crippen molar-refractivity contribution in [2.24, 2.45) is 5.73 Å². The van der Waals surface area contributed by atoms with Gasteiger partial charge in [0, 0.05) is 25.9 Å². The van der Waals surface area contributed by atoms with Crippen LogP contribution in [0.3, 0.4) is 0 Å². The highest BCUT2D eigenvalue weighted by atomic mass is 16.5. The molecule has 0 aromatic rings. The van der Waals surface area contributed by atoms with Gasteiger partial charge < -0.3 is 15.6 Å². The molecule has 3 heteroatoms. The van der Waals surface area contributed by atoms with E-state index in [-0.39, 0.29) is 12.6 Å². The van der Waals surface area contributed by atoms with Gasteiger partial charge in [0.15, 0.2) is 0 Å². The summed E-state index contributed by atoms with van der Waals surface area (Å²) in [4.78, 5) is 0. The molecule has 3 nitrogen and oxygen atoms in total. The second kappa shape index (κ2) is 6.99. The lowest BCUT2D eigenvalue weighted by molar-refractivity contribution is 0.136. The Bertz CT molecular complexity index is 68.6. The molecule has 1 unspecified atom stereocenters. The third-order valence-corrected chi connectivity index (χ3v) is 1.34. The highest BCUT2D eigenvalue weighted by Gasteiger charge is 1.99. The first-order chi connectivity index (χ1) is 4.81. The summed E-state index contributed by atoms with van der Waals surface area (Å²) >= 11 is 0. The van der Waals surface area contributed by atoms with Gasteiger partial charge in [-0.1, -0.05) is 0 Å². The highest BCUT2D eigenvalue weighted by Crippen LogP contribution is 1.93. The molecule has 0 fully saturated rings. The van der Waals surface area contributed by atoms with Crippen molar-refractivity contribution in [1.29, 1.82) is 0 Å². The average Bonchev–Trinajstić information content (AvgIpc) is 1.89. The standard InChI is InChI=1S/C7H17NO2/c1-2-10-6-4-7(8)3-5-9/h7,9H,2-6,8H2,1H3. The van der Waals surface area contributed by atoms with Crippen molar-refractivity contribution in [3.63, 3.8) is 0 Å². The minimum atomic E-state index is 0.0940. The van der Waals surface area contributed by atoms with Crippen LogP contribution in [0.5, 0.6) is 0 Å². The minimum Gasteiger partial charge on any atom is -0.396 e. The number of ether oxygens (including phenoxy) is 1. The predicted octanol–water partition coefficient (Wildman–Crippen LogP) is 0.123. The van der Waals surface area contributed by atoms with Crippen LogP contribution in [0, 0.1) is 0 Å². The lowest BCUT2D eigenvalue weighted by atomic mass is 10.2. The molecule has 1 atom stereocenters. The zero-order valence-corrected chi connectivity index (χ0v) is 6.55. The van der Waals surface area contributed by atoms with Crippen LogP contribution in [-0.2, 0) is 4.74 Å². The molecule has 0 aliphatic heterocycles. The van der Waals surface area contributed by atoms with E-state index < -0.39 is 0 Å². The van der Waals surface area contributed by atoms with Crippen molar-refractivity contribution in [2.75, 3.05) is 19.8 Å². The quantitative estimate of drug-likeness (QED) is 0.525. The molecule has 0 aromatic carbocycles. The van der Waals surface area contributed by atoms with Gasteiger partial charge in [-0.3, -0.25) is 0 Å². The molecule has 0 aliphatic carbocycles. The molecule has 0 radical (unpaired) electrons. The Morgan fingerprint density at radius 2 is 2.20 bits per heavy atom. The first kappa shape index (κ1) is 9.88. The molecule has 0 saturated heterocycles. The first-order valence-corrected chi connectivity index (χ1v) is 3.75. The van der Waals surface area contributed by atoms with Crippen LogP contribution >= 0.6 is 0 Å². The summed E-state index contributed by atoms with van der Waals surface area (Å²) in [5.74, 6) is 0. The van der Waals surface area contributed by atoms with E-state index in [1.54, 1.807) is 0 Å². The zero-order valence-electron chi connectivity index (χ0n) is 6.55. The molecule has 0 aliphatic rings. The fourth-order valence-electron chi connectivity index (χ4n) is 0.689. The number of nitrogens with two attached hydrogens (primary N) is 1. The van der Waals surface area contributed by atoms with Gasteiger partial charge in [-0.2, -0.15) is 0 Å². The van der Waals surface area contributed by atoms with Crippen LogP contribution in [0.25, 0.3) is 0 Å². The van der Waals surface area contributed by atoms with Crippen LogP contribution < -0.4 is 5.73 Å². The van der Waals surface area contributed by atoms with Crippen molar-refractivity contribution in [1.82, 2.24) is 0 Å². The smallest absolute Gasteiger partial charge is 0.0480 e. The van der Waals surface area contributed by atoms with Gasteiger partial charge in [0.05, 0.1) is 0 Å². The Kier molecular flexibility index (Phi) is 6.91. The van der Waals surface area contributed by atoms with E-state index in [0.29, 0.717) is 13.0 Å². The van der Waals surface area contributed by atoms with Crippen molar-refractivity contribution in [3.05, 3.63) is 0 Å². The van der Waals surface area contributed by atoms with Crippen molar-refractivity contribution in [3.8, 4) is 0 Å². The number of hydrogen-bond donors (Lipinski definition) is 2. The van der Waals surface area contributed by atoms with E-state index in [1.165, 1.54) is 0 Å². The van der Waals surface area contributed by atoms with Crippen LogP contribution in [-0.4, -0.2) is 31.0 Å². The Hall–Kier alpha value is -0.120. The Morgan fingerprint density at radius 1 is 1.50 bits per heavy atom. The van der Waals surface area contributed by atoms with Gasteiger partial charge in [-0.15, -0.1) is 0 Å². The Labute approximate surface area is 62.2 Å². The largest absolute Gasteiger partial charge is 0.396 e. The summed E-state index contributed by atoms with van der Waals surface area (Å²) < 4.78 is 5.09. The predicted molar refractivity (Wildman–Crippen MR) is 40.8 cm³/mol. The molecule has 0 amide bonds. The number of aliphatic hydroxyl groups is 1. The molecule has 0 aromatic heterocycles. The fourth-order valence-corrected chi connectivity index (χ4v) is 0.689. The van der Waals surface area contributed by atoms with E-state index in [4.69, 9.17) is 15.6 Å². The molecule has 0 heterocycles. The van der Waals surface area contributed by atoms with Gasteiger partial charge in [-0.25, -0.2) is 0 Å². The molecular formula is C7H17NO2. The van der Waals surface area contributed by atoms with E-state index in [9.17, 15) is 0 Å². The maximum Gasteiger partial charge on any atom is 0.0480 e. The van der Waals surface area contributed by atoms with Gasteiger partial charge in [-0.05, 0) is 19.8 Å². The second-order valence-corrected chi connectivity index (χ2v) is 2.26. The minimum absolute atomic E-state index is 0.0940. The van der Waals surface area contributed by atoms with Crippen LogP contribution in [0.2, 0.25) is 0 Å². The van der Waals surface area contributed by atoms with Gasteiger partial charge >= 0.3 is 0 Å². The topological polar surface area (TPSA) is 55.5 Å². The normalized spacial score (nSPS) is 13.5. The van der Waals surface area contributed by atoms with E-state index >= 15 is 0 Å². The zero-order chi connectivity index (χ0) is 7.82. The number of aliphatic hydroxyl groups excluding tert-OH is 1. The van der Waals surface area contributed by atoms with Crippen LogP contribution in [0.4, 0.5) is 0 Å². The molecule has 0 bridgehead atoms. The molecule has 0 rings (SSSR count). The maximum absolute atomic E-state index is 8.47. The van der Waals surface area contributed by atoms with E-state index in [0.717, 1.165) is 13.0 Å². The molecular weight excluding hydrogens is 130 g/mol. The summed E-state index contributed by atoms with van der Waals surface area (Å²) in [5.41, 5.74) is 5.58. The SMILES string of the molecule is CCOCCC(N)CCO. The van der Waals surface area contributed by atoms with E-state index in [2.05, 4.69) is 0 Å². The summed E-state index contributed by atoms with van der Waals surface area (Å²) in [6.07, 6.45) is 1.52. The third-order valence-electron chi connectivity index (χ3n) is 1.34. The average molecular weight is 147 g/mol. The van der Waals surface area contributed by atoms with E-state index in [1.807, 2.05) is 6.92 Å². The fraction of sp³-hybridized carbons (Fsp3) is 1.00. The monoisotopic (exact) mass is 147 g/mol. The summed E-state index contributed by atoms with van der Waals surface area (Å²) in [5, 5.41) is 8.47. The molecule has 0 saturated carbocycles. The van der Waals surface area contributed by atoms with Crippen molar-refractivity contribution >= 4 is 0 Å². The molecule has 10 heavy (non-hydrogen) atoms. The maximum atomic E-state index is 8.47. The van der Waals surface area contributed by atoms with Gasteiger partial charge in [0.2, 0.25) is 0 Å². The summed E-state index contributed by atoms with van der Waals surface area (Å²) in [6, 6.07) is 0.0940. The van der Waals surface area contributed by atoms with Crippen LogP contribution in [0.1, 0.15) is 19.8 Å². The Morgan fingerprint density at radius 3 is 2.70 bits per heavy atom. The van der Waals surface area contributed by atoms with Crippen molar-refractivity contribution < 1.29 is 9.84 Å². The summed E-state index contributed by atoms with van der Waals surface area (Å²) in [7, 11) is 0. The lowest BCUT2D eigenvalue weighted by Crippen LogP contribution is -2.23. The Balaban J connectivity index is 2.97. The first-order valence-electron chi connectivity index (χ1n) is 3.75. The van der Waals surface area contributed by atoms with Crippen molar-refractivity contribution in [2.45, 2.75) is 25.8 Å². The summed E-state index contributed by atoms with van der Waals surface area (Å²) in [6.45, 7) is 3.58. The van der Waals surface area contributed by atoms with Crippen LogP contribution in [0.15, 0.2) is 0 Å². The van der Waals surface area contributed by atoms with Gasteiger partial charge in [0.1, 0.15) is 0 Å². The van der Waals surface area contributed by atoms with Gasteiger partial charge in [0.25, 0.3) is 0 Å². The molecule has 3 N–H and O–H groups in total. The molecule has 62 valence electrons. The second-order valence-electron chi connectivity index (χ2n) is 2.26. The molecule has 0 spiro atoms. The lowest BCUT2D eigenvalue weighted by Gasteiger charge is -2.08. The number of rotatable bonds is 6.